The van der Waals surface area contributed by atoms with Crippen LogP contribution >= 0.6 is 11.5 Å². The summed E-state index contributed by atoms with van der Waals surface area (Å²) in [4.78, 5) is 40.1. The van der Waals surface area contributed by atoms with Gasteiger partial charge in [0.25, 0.3) is 0 Å². The maximum absolute atomic E-state index is 13.1. The van der Waals surface area contributed by atoms with Gasteiger partial charge in [-0.15, -0.1) is 5.10 Å². The summed E-state index contributed by atoms with van der Waals surface area (Å²) in [7, 11) is 0. The lowest BCUT2D eigenvalue weighted by Crippen LogP contribution is -2.53. The molecular weight excluding hydrogens is 414 g/mol. The van der Waals surface area contributed by atoms with E-state index >= 15 is 0 Å². The normalized spacial score (nSPS) is 17.8. The predicted octanol–water partition coefficient (Wildman–Crippen LogP) is 3.08. The van der Waals surface area contributed by atoms with Gasteiger partial charge in [0.1, 0.15) is 22.8 Å². The molecule has 1 aliphatic heterocycles. The van der Waals surface area contributed by atoms with Crippen LogP contribution < -0.4 is 10.6 Å². The van der Waals surface area contributed by atoms with Crippen LogP contribution in [0.1, 0.15) is 46.5 Å². The quantitative estimate of drug-likeness (QED) is 0.652. The van der Waals surface area contributed by atoms with Crippen molar-refractivity contribution in [2.75, 3.05) is 11.9 Å². The van der Waals surface area contributed by atoms with Crippen LogP contribution in [0.3, 0.4) is 0 Å². The third kappa shape index (κ3) is 5.28. The molecule has 0 spiro atoms. The van der Waals surface area contributed by atoms with Crippen molar-refractivity contribution in [3.63, 3.8) is 0 Å². The first kappa shape index (κ1) is 22.9. The van der Waals surface area contributed by atoms with Gasteiger partial charge in [0.15, 0.2) is 0 Å². The number of hydrogen-bond donors (Lipinski definition) is 2. The Kier molecular flexibility index (Phi) is 7.73. The first-order valence-corrected chi connectivity index (χ1v) is 11.5. The summed E-state index contributed by atoms with van der Waals surface area (Å²) >= 11 is 1.11. The highest BCUT2D eigenvalue weighted by atomic mass is 32.1. The van der Waals surface area contributed by atoms with E-state index in [9.17, 15) is 14.4 Å². The van der Waals surface area contributed by atoms with E-state index in [4.69, 9.17) is 0 Å². The summed E-state index contributed by atoms with van der Waals surface area (Å²) in [5.41, 5.74) is 1.48. The summed E-state index contributed by atoms with van der Waals surface area (Å²) in [5.74, 6) is -0.749. The molecule has 3 amide bonds. The molecule has 3 atom stereocenters. The van der Waals surface area contributed by atoms with Crippen molar-refractivity contribution in [2.45, 2.75) is 58.5 Å². The van der Waals surface area contributed by atoms with E-state index in [1.807, 2.05) is 51.1 Å². The zero-order valence-corrected chi connectivity index (χ0v) is 18.9. The fraction of sp³-hybridized carbons (Fsp3) is 0.500. The average Bonchev–Trinajstić information content (AvgIpc) is 3.46. The van der Waals surface area contributed by atoms with Crippen LogP contribution in [0.4, 0.5) is 5.00 Å². The van der Waals surface area contributed by atoms with E-state index in [1.165, 1.54) is 0 Å². The van der Waals surface area contributed by atoms with Gasteiger partial charge >= 0.3 is 0 Å². The van der Waals surface area contributed by atoms with E-state index in [0.717, 1.165) is 23.5 Å². The Bertz CT molecular complexity index is 917. The van der Waals surface area contributed by atoms with Crippen LogP contribution in [0, 0.1) is 5.92 Å². The highest BCUT2D eigenvalue weighted by molar-refractivity contribution is 7.10. The van der Waals surface area contributed by atoms with E-state index < -0.39 is 12.1 Å². The lowest BCUT2D eigenvalue weighted by atomic mass is 10.1. The molecule has 2 heterocycles. The number of aromatic nitrogens is 2. The highest BCUT2D eigenvalue weighted by Gasteiger charge is 2.37. The first-order valence-electron chi connectivity index (χ1n) is 10.8. The van der Waals surface area contributed by atoms with Crippen molar-refractivity contribution in [3.8, 4) is 11.3 Å². The van der Waals surface area contributed by atoms with Gasteiger partial charge in [-0.25, -0.2) is 0 Å². The number of carbonyl (C=O) groups is 3. The Hall–Kier alpha value is -2.81. The van der Waals surface area contributed by atoms with Crippen LogP contribution in [0.15, 0.2) is 30.3 Å². The number of nitrogens with zero attached hydrogens (tertiary/aromatic N) is 3. The molecule has 2 aromatic rings. The van der Waals surface area contributed by atoms with Crippen molar-refractivity contribution in [2.24, 2.45) is 5.92 Å². The number of carbonyl (C=O) groups excluding carboxylic acids is 3. The molecule has 0 saturated carbocycles. The van der Waals surface area contributed by atoms with E-state index in [0.29, 0.717) is 36.5 Å². The van der Waals surface area contributed by atoms with Crippen LogP contribution in [0.2, 0.25) is 0 Å². The van der Waals surface area contributed by atoms with Gasteiger partial charge < -0.3 is 15.5 Å². The van der Waals surface area contributed by atoms with Gasteiger partial charge in [-0.1, -0.05) is 55.6 Å². The van der Waals surface area contributed by atoms with Gasteiger partial charge in [0.2, 0.25) is 17.7 Å². The van der Waals surface area contributed by atoms with Crippen LogP contribution in [-0.4, -0.2) is 50.8 Å². The molecule has 9 heteroatoms. The van der Waals surface area contributed by atoms with Gasteiger partial charge in [-0.2, -0.15) is 0 Å². The number of likely N-dealkylation sites (tertiary alicyclic amines) is 1. The second-order valence-corrected chi connectivity index (χ2v) is 8.53. The Morgan fingerprint density at radius 3 is 2.61 bits per heavy atom. The number of benzene rings is 1. The van der Waals surface area contributed by atoms with E-state index in [1.54, 1.807) is 4.90 Å². The molecule has 3 rings (SSSR count). The van der Waals surface area contributed by atoms with E-state index in [-0.39, 0.29) is 23.6 Å². The highest BCUT2D eigenvalue weighted by Crippen LogP contribution is 2.30. The second kappa shape index (κ2) is 10.5. The average molecular weight is 444 g/mol. The minimum absolute atomic E-state index is 0.133. The minimum Gasteiger partial charge on any atom is -0.344 e. The fourth-order valence-electron chi connectivity index (χ4n) is 3.59. The number of nitrogens with one attached hydrogen (secondary N) is 2. The molecule has 1 fully saturated rings. The molecule has 2 N–H and O–H groups in total. The molecule has 8 nitrogen and oxygen atoms in total. The van der Waals surface area contributed by atoms with Crippen molar-refractivity contribution in [1.82, 2.24) is 19.8 Å². The van der Waals surface area contributed by atoms with Crippen LogP contribution in [0.25, 0.3) is 11.3 Å². The molecule has 31 heavy (non-hydrogen) atoms. The SMILES string of the molecule is CC[C@@H](C)C(=O)N[C@@H](CC)C(=O)N1CCC[C@H]1C(=O)Nc1snnc1-c1ccccc1. The zero-order chi connectivity index (χ0) is 22.4. The molecule has 1 saturated heterocycles. The van der Waals surface area contributed by atoms with Gasteiger partial charge in [-0.3, -0.25) is 14.4 Å². The number of amides is 3. The summed E-state index contributed by atoms with van der Waals surface area (Å²) in [6.07, 6.45) is 2.51. The molecule has 0 radical (unpaired) electrons. The molecule has 1 aliphatic rings. The fourth-order valence-corrected chi connectivity index (χ4v) is 4.19. The van der Waals surface area contributed by atoms with E-state index in [2.05, 4.69) is 20.2 Å². The molecule has 0 unspecified atom stereocenters. The van der Waals surface area contributed by atoms with Crippen LogP contribution in [-0.2, 0) is 14.4 Å². The second-order valence-electron chi connectivity index (χ2n) is 7.77. The number of anilines is 1. The summed E-state index contributed by atoms with van der Waals surface area (Å²) < 4.78 is 3.98. The smallest absolute Gasteiger partial charge is 0.247 e. The molecule has 0 bridgehead atoms. The Morgan fingerprint density at radius 1 is 1.19 bits per heavy atom. The third-order valence-corrected chi connectivity index (χ3v) is 6.33. The maximum atomic E-state index is 13.1. The van der Waals surface area contributed by atoms with Crippen molar-refractivity contribution < 1.29 is 14.4 Å². The van der Waals surface area contributed by atoms with Gasteiger partial charge in [0.05, 0.1) is 0 Å². The number of rotatable bonds is 8. The lowest BCUT2D eigenvalue weighted by molar-refractivity contribution is -0.140. The zero-order valence-electron chi connectivity index (χ0n) is 18.1. The monoisotopic (exact) mass is 443 g/mol. The third-order valence-electron chi connectivity index (χ3n) is 5.69. The Morgan fingerprint density at radius 2 is 1.94 bits per heavy atom. The molecule has 1 aromatic heterocycles. The van der Waals surface area contributed by atoms with Gasteiger partial charge in [0, 0.05) is 29.6 Å². The predicted molar refractivity (Wildman–Crippen MR) is 120 cm³/mol. The topological polar surface area (TPSA) is 104 Å². The summed E-state index contributed by atoms with van der Waals surface area (Å²) in [6.45, 7) is 6.14. The lowest BCUT2D eigenvalue weighted by Gasteiger charge is -2.28. The van der Waals surface area contributed by atoms with Crippen molar-refractivity contribution >= 4 is 34.3 Å². The number of hydrogen-bond acceptors (Lipinski definition) is 6. The largest absolute Gasteiger partial charge is 0.344 e. The summed E-state index contributed by atoms with van der Waals surface area (Å²) in [5, 5.41) is 10.5. The molecule has 166 valence electrons. The molecule has 0 aliphatic carbocycles. The summed E-state index contributed by atoms with van der Waals surface area (Å²) in [6, 6.07) is 8.32. The van der Waals surface area contributed by atoms with Crippen molar-refractivity contribution in [3.05, 3.63) is 30.3 Å². The molecule has 1 aromatic carbocycles. The Balaban J connectivity index is 1.70. The van der Waals surface area contributed by atoms with Crippen LogP contribution in [0.5, 0.6) is 0 Å². The first-order chi connectivity index (χ1) is 15.0. The van der Waals surface area contributed by atoms with Crippen molar-refractivity contribution in [1.29, 1.82) is 0 Å². The molecular formula is C22H29N5O3S. The maximum Gasteiger partial charge on any atom is 0.247 e. The standard InChI is InChI=1S/C22H29N5O3S/c1-4-14(3)19(28)23-16(5-2)22(30)27-13-9-12-17(27)20(29)24-21-18(25-26-31-21)15-10-7-6-8-11-15/h6-8,10-11,14,16-17H,4-5,9,12-13H2,1-3H3,(H,23,28)(H,24,29)/t14-,16+,17+/m1/s1. The Labute approximate surface area is 186 Å². The van der Waals surface area contributed by atoms with Gasteiger partial charge in [-0.05, 0) is 25.7 Å². The minimum atomic E-state index is -0.625.